The maximum atomic E-state index is 6.66. The zero-order valence-corrected chi connectivity index (χ0v) is 13.8. The Morgan fingerprint density at radius 1 is 1.10 bits per heavy atom. The van der Waals surface area contributed by atoms with Crippen molar-refractivity contribution in [3.8, 4) is 17.2 Å². The fraction of sp³-hybridized carbons (Fsp3) is 0.250. The lowest BCUT2D eigenvalue weighted by molar-refractivity contribution is 0.171. The van der Waals surface area contributed by atoms with Gasteiger partial charge in [-0.2, -0.15) is 0 Å². The molecule has 1 unspecified atom stereocenters. The van der Waals surface area contributed by atoms with Gasteiger partial charge in [0.15, 0.2) is 11.5 Å². The Balaban J connectivity index is 2.03. The normalized spacial score (nSPS) is 14.6. The van der Waals surface area contributed by atoms with Gasteiger partial charge in [0.1, 0.15) is 19.0 Å². The van der Waals surface area contributed by atoms with E-state index in [1.165, 1.54) is 0 Å². The lowest BCUT2D eigenvalue weighted by Crippen LogP contribution is -2.15. The minimum atomic E-state index is -0.341. The van der Waals surface area contributed by atoms with Crippen LogP contribution in [0.3, 0.4) is 0 Å². The van der Waals surface area contributed by atoms with Crippen molar-refractivity contribution in [2.75, 3.05) is 20.3 Å². The average Bonchev–Trinajstić information content (AvgIpc) is 2.53. The highest BCUT2D eigenvalue weighted by molar-refractivity contribution is 9.10. The molecule has 0 saturated heterocycles. The number of fused-ring (bicyclic) bond motifs is 1. The molecule has 3 rings (SSSR count). The Kier molecular flexibility index (Phi) is 4.27. The van der Waals surface area contributed by atoms with E-state index >= 15 is 0 Å². The fourth-order valence-corrected chi connectivity index (χ4v) is 3.36. The number of para-hydroxylation sites is 1. The second kappa shape index (κ2) is 6.16. The summed E-state index contributed by atoms with van der Waals surface area (Å²) in [6.07, 6.45) is 0. The Bertz CT molecular complexity index is 660. The largest absolute Gasteiger partial charge is 0.496 e. The summed E-state index contributed by atoms with van der Waals surface area (Å²) in [7, 11) is 1.64. The molecule has 0 bridgehead atoms. The number of halogens is 2. The Labute approximate surface area is 136 Å². The molecule has 0 aliphatic carbocycles. The van der Waals surface area contributed by atoms with Crippen molar-refractivity contribution in [3.63, 3.8) is 0 Å². The third-order valence-electron chi connectivity index (χ3n) is 3.35. The van der Waals surface area contributed by atoms with Crippen molar-refractivity contribution in [2.45, 2.75) is 5.38 Å². The lowest BCUT2D eigenvalue weighted by atomic mass is 10.0. The third-order valence-corrected chi connectivity index (χ3v) is 4.50. The molecule has 110 valence electrons. The molecule has 5 heteroatoms. The first-order valence-corrected chi connectivity index (χ1v) is 7.79. The van der Waals surface area contributed by atoms with Gasteiger partial charge in [0.05, 0.1) is 12.5 Å². The van der Waals surface area contributed by atoms with Crippen LogP contribution in [0.25, 0.3) is 0 Å². The van der Waals surface area contributed by atoms with Crippen LogP contribution in [0.2, 0.25) is 0 Å². The van der Waals surface area contributed by atoms with Crippen LogP contribution < -0.4 is 14.2 Å². The first-order valence-electron chi connectivity index (χ1n) is 6.56. The Morgan fingerprint density at radius 3 is 2.48 bits per heavy atom. The van der Waals surface area contributed by atoms with Crippen LogP contribution in [0.15, 0.2) is 40.9 Å². The monoisotopic (exact) mass is 368 g/mol. The maximum absolute atomic E-state index is 6.66. The number of hydrogen-bond donors (Lipinski definition) is 0. The van der Waals surface area contributed by atoms with Crippen molar-refractivity contribution >= 4 is 27.5 Å². The molecule has 0 spiro atoms. The van der Waals surface area contributed by atoms with E-state index in [4.69, 9.17) is 25.8 Å². The maximum Gasteiger partial charge on any atom is 0.162 e. The van der Waals surface area contributed by atoms with Gasteiger partial charge in [0.25, 0.3) is 0 Å². The van der Waals surface area contributed by atoms with Crippen LogP contribution in [0, 0.1) is 0 Å². The summed E-state index contributed by atoms with van der Waals surface area (Å²) >= 11 is 10.2. The summed E-state index contributed by atoms with van der Waals surface area (Å²) in [5, 5.41) is -0.341. The van der Waals surface area contributed by atoms with E-state index in [1.807, 2.05) is 36.4 Å². The van der Waals surface area contributed by atoms with Gasteiger partial charge in [-0.1, -0.05) is 34.1 Å². The molecule has 0 saturated carbocycles. The molecule has 2 aromatic carbocycles. The zero-order chi connectivity index (χ0) is 14.8. The summed E-state index contributed by atoms with van der Waals surface area (Å²) in [6, 6.07) is 11.5. The molecule has 0 aromatic heterocycles. The number of benzene rings is 2. The summed E-state index contributed by atoms with van der Waals surface area (Å²) in [5.74, 6) is 2.22. The minimum Gasteiger partial charge on any atom is -0.496 e. The predicted octanol–water partition coefficient (Wildman–Crippen LogP) is 4.56. The number of ether oxygens (including phenoxy) is 3. The molecular formula is C16H14BrClO3. The number of methoxy groups -OCH3 is 1. The molecule has 3 nitrogen and oxygen atoms in total. The van der Waals surface area contributed by atoms with Crippen LogP contribution in [0.5, 0.6) is 17.2 Å². The van der Waals surface area contributed by atoms with Crippen LogP contribution in [-0.4, -0.2) is 20.3 Å². The van der Waals surface area contributed by atoms with Crippen LogP contribution in [0.4, 0.5) is 0 Å². The first-order chi connectivity index (χ1) is 10.2. The second-order valence-electron chi connectivity index (χ2n) is 4.62. The molecule has 0 fully saturated rings. The van der Waals surface area contributed by atoms with Crippen LogP contribution in [0.1, 0.15) is 16.5 Å². The molecule has 0 radical (unpaired) electrons. The van der Waals surface area contributed by atoms with E-state index < -0.39 is 0 Å². The van der Waals surface area contributed by atoms with E-state index in [0.717, 1.165) is 32.8 Å². The van der Waals surface area contributed by atoms with Gasteiger partial charge in [-0.15, -0.1) is 11.6 Å². The van der Waals surface area contributed by atoms with Gasteiger partial charge in [-0.25, -0.2) is 0 Å². The summed E-state index contributed by atoms with van der Waals surface area (Å²) in [5.41, 5.74) is 1.84. The van der Waals surface area contributed by atoms with E-state index in [9.17, 15) is 0 Å². The minimum absolute atomic E-state index is 0.341. The standard InChI is InChI=1S/C16H14BrClO3/c1-19-13-5-3-2-4-10(13)16(18)11-8-14-15(9-12(11)17)21-7-6-20-14/h2-5,8-9,16H,6-7H2,1H3. The third kappa shape index (κ3) is 2.83. The molecule has 1 heterocycles. The number of alkyl halides is 1. The predicted molar refractivity (Wildman–Crippen MR) is 85.8 cm³/mol. The molecule has 2 aromatic rings. The SMILES string of the molecule is COc1ccccc1C(Cl)c1cc2c(cc1Br)OCCO2. The fourth-order valence-electron chi connectivity index (χ4n) is 2.32. The van der Waals surface area contributed by atoms with Crippen molar-refractivity contribution in [2.24, 2.45) is 0 Å². The summed E-state index contributed by atoms with van der Waals surface area (Å²) in [4.78, 5) is 0. The second-order valence-corrected chi connectivity index (χ2v) is 5.91. The van der Waals surface area contributed by atoms with Crippen LogP contribution in [-0.2, 0) is 0 Å². The van der Waals surface area contributed by atoms with Crippen LogP contribution >= 0.6 is 27.5 Å². The van der Waals surface area contributed by atoms with E-state index in [2.05, 4.69) is 15.9 Å². The van der Waals surface area contributed by atoms with Gasteiger partial charge in [0.2, 0.25) is 0 Å². The van der Waals surface area contributed by atoms with Crippen molar-refractivity contribution in [3.05, 3.63) is 52.0 Å². The summed E-state index contributed by atoms with van der Waals surface area (Å²) in [6.45, 7) is 1.12. The van der Waals surface area contributed by atoms with Crippen molar-refractivity contribution < 1.29 is 14.2 Å². The summed E-state index contributed by atoms with van der Waals surface area (Å²) < 4.78 is 17.5. The smallest absolute Gasteiger partial charge is 0.162 e. The number of hydrogen-bond acceptors (Lipinski definition) is 3. The van der Waals surface area contributed by atoms with E-state index in [1.54, 1.807) is 7.11 Å². The van der Waals surface area contributed by atoms with E-state index in [0.29, 0.717) is 13.2 Å². The molecule has 0 N–H and O–H groups in total. The van der Waals surface area contributed by atoms with Crippen molar-refractivity contribution in [1.29, 1.82) is 0 Å². The topological polar surface area (TPSA) is 27.7 Å². The van der Waals surface area contributed by atoms with Gasteiger partial charge >= 0.3 is 0 Å². The average molecular weight is 370 g/mol. The molecule has 21 heavy (non-hydrogen) atoms. The highest BCUT2D eigenvalue weighted by Gasteiger charge is 2.22. The van der Waals surface area contributed by atoms with Gasteiger partial charge in [-0.05, 0) is 23.8 Å². The van der Waals surface area contributed by atoms with Gasteiger partial charge in [-0.3, -0.25) is 0 Å². The quantitative estimate of drug-likeness (QED) is 0.743. The number of rotatable bonds is 3. The van der Waals surface area contributed by atoms with E-state index in [-0.39, 0.29) is 5.38 Å². The molecular weight excluding hydrogens is 356 g/mol. The zero-order valence-electron chi connectivity index (χ0n) is 11.4. The molecule has 0 amide bonds. The Hall–Kier alpha value is -1.39. The molecule has 1 atom stereocenters. The molecule has 1 aliphatic rings. The lowest BCUT2D eigenvalue weighted by Gasteiger charge is -2.22. The highest BCUT2D eigenvalue weighted by Crippen LogP contribution is 2.43. The van der Waals surface area contributed by atoms with Crippen molar-refractivity contribution in [1.82, 2.24) is 0 Å². The first kappa shape index (κ1) is 14.5. The van der Waals surface area contributed by atoms with Gasteiger partial charge < -0.3 is 14.2 Å². The Morgan fingerprint density at radius 2 is 1.76 bits per heavy atom. The highest BCUT2D eigenvalue weighted by atomic mass is 79.9. The van der Waals surface area contributed by atoms with Gasteiger partial charge in [0, 0.05) is 10.0 Å². The molecule has 1 aliphatic heterocycles.